The Morgan fingerprint density at radius 3 is 2.81 bits per heavy atom. The van der Waals surface area contributed by atoms with Gasteiger partial charge >= 0.3 is 0 Å². The number of aliphatic hydroxyl groups is 1. The van der Waals surface area contributed by atoms with E-state index in [0.717, 1.165) is 28.2 Å². The number of benzene rings is 2. The SMILES string of the molecule is Cc1cccc(OCc2nc3ccccc3n2CCO)c1. The largest absolute Gasteiger partial charge is 0.486 e. The van der Waals surface area contributed by atoms with Crippen molar-refractivity contribution in [3.8, 4) is 5.75 Å². The van der Waals surface area contributed by atoms with Crippen LogP contribution in [0.2, 0.25) is 0 Å². The van der Waals surface area contributed by atoms with Crippen LogP contribution in [0, 0.1) is 6.92 Å². The predicted octanol–water partition coefficient (Wildman–Crippen LogP) is 2.92. The standard InChI is InChI=1S/C17H18N2O2/c1-13-5-4-6-14(11-13)21-12-17-18-15-7-2-3-8-16(15)19(17)9-10-20/h2-8,11,20H,9-10,12H2,1H3. The number of aliphatic hydroxyl groups excluding tert-OH is 1. The number of nitrogens with zero attached hydrogens (tertiary/aromatic N) is 2. The van der Waals surface area contributed by atoms with E-state index in [1.165, 1.54) is 0 Å². The molecule has 108 valence electrons. The van der Waals surface area contributed by atoms with Crippen molar-refractivity contribution in [2.45, 2.75) is 20.1 Å². The third-order valence-corrected chi connectivity index (χ3v) is 3.41. The zero-order chi connectivity index (χ0) is 14.7. The smallest absolute Gasteiger partial charge is 0.148 e. The van der Waals surface area contributed by atoms with Gasteiger partial charge in [0.1, 0.15) is 18.2 Å². The molecule has 0 bridgehead atoms. The highest BCUT2D eigenvalue weighted by Gasteiger charge is 2.10. The number of aryl methyl sites for hydroxylation is 1. The van der Waals surface area contributed by atoms with Gasteiger partial charge in [0.25, 0.3) is 0 Å². The second kappa shape index (κ2) is 5.97. The number of rotatable bonds is 5. The maximum absolute atomic E-state index is 9.25. The average Bonchev–Trinajstić information content (AvgIpc) is 2.84. The summed E-state index contributed by atoms with van der Waals surface area (Å²) in [4.78, 5) is 4.60. The molecule has 0 atom stereocenters. The summed E-state index contributed by atoms with van der Waals surface area (Å²) < 4.78 is 7.83. The molecule has 0 saturated heterocycles. The molecule has 0 amide bonds. The minimum atomic E-state index is 0.0812. The summed E-state index contributed by atoms with van der Waals surface area (Å²) in [6.45, 7) is 3.02. The Labute approximate surface area is 123 Å². The highest BCUT2D eigenvalue weighted by molar-refractivity contribution is 5.75. The lowest BCUT2D eigenvalue weighted by Crippen LogP contribution is -2.09. The van der Waals surface area contributed by atoms with Crippen LogP contribution in [-0.2, 0) is 13.2 Å². The van der Waals surface area contributed by atoms with Crippen molar-refractivity contribution in [2.24, 2.45) is 0 Å². The van der Waals surface area contributed by atoms with Gasteiger partial charge in [0.2, 0.25) is 0 Å². The molecule has 4 nitrogen and oxygen atoms in total. The fourth-order valence-electron chi connectivity index (χ4n) is 2.44. The zero-order valence-electron chi connectivity index (χ0n) is 12.0. The van der Waals surface area contributed by atoms with Gasteiger partial charge in [-0.25, -0.2) is 4.98 Å². The summed E-state index contributed by atoms with van der Waals surface area (Å²) in [5.74, 6) is 1.66. The summed E-state index contributed by atoms with van der Waals surface area (Å²) in [6.07, 6.45) is 0. The fraction of sp³-hybridized carbons (Fsp3) is 0.235. The molecule has 3 aromatic rings. The fourth-order valence-corrected chi connectivity index (χ4v) is 2.44. The Morgan fingerprint density at radius 2 is 2.00 bits per heavy atom. The maximum atomic E-state index is 9.25. The van der Waals surface area contributed by atoms with Crippen molar-refractivity contribution in [1.82, 2.24) is 9.55 Å². The van der Waals surface area contributed by atoms with Crippen LogP contribution < -0.4 is 4.74 Å². The summed E-state index contributed by atoms with van der Waals surface area (Å²) in [5.41, 5.74) is 3.11. The van der Waals surface area contributed by atoms with Crippen LogP contribution in [0.3, 0.4) is 0 Å². The van der Waals surface area contributed by atoms with Crippen LogP contribution in [0.5, 0.6) is 5.75 Å². The molecule has 0 radical (unpaired) electrons. The lowest BCUT2D eigenvalue weighted by Gasteiger charge is -2.09. The summed E-state index contributed by atoms with van der Waals surface area (Å²) in [7, 11) is 0. The topological polar surface area (TPSA) is 47.3 Å². The Morgan fingerprint density at radius 1 is 1.14 bits per heavy atom. The van der Waals surface area contributed by atoms with E-state index < -0.39 is 0 Å². The maximum Gasteiger partial charge on any atom is 0.148 e. The third-order valence-electron chi connectivity index (χ3n) is 3.41. The molecule has 4 heteroatoms. The lowest BCUT2D eigenvalue weighted by molar-refractivity contribution is 0.260. The minimum Gasteiger partial charge on any atom is -0.486 e. The van der Waals surface area contributed by atoms with E-state index in [1.54, 1.807) is 0 Å². The van der Waals surface area contributed by atoms with Gasteiger partial charge in [-0.2, -0.15) is 0 Å². The Hall–Kier alpha value is -2.33. The molecule has 1 heterocycles. The van der Waals surface area contributed by atoms with Gasteiger partial charge in [0, 0.05) is 6.54 Å². The second-order valence-electron chi connectivity index (χ2n) is 5.00. The van der Waals surface area contributed by atoms with E-state index in [4.69, 9.17) is 4.74 Å². The van der Waals surface area contributed by atoms with Gasteiger partial charge in [-0.05, 0) is 36.8 Å². The molecule has 3 rings (SSSR count). The van der Waals surface area contributed by atoms with Crippen LogP contribution in [0.1, 0.15) is 11.4 Å². The summed E-state index contributed by atoms with van der Waals surface area (Å²) in [5, 5.41) is 9.25. The molecule has 2 aromatic carbocycles. The molecular formula is C17H18N2O2. The molecule has 21 heavy (non-hydrogen) atoms. The van der Waals surface area contributed by atoms with Crippen LogP contribution in [0.4, 0.5) is 0 Å². The molecule has 1 N–H and O–H groups in total. The first kappa shape index (κ1) is 13.6. The number of fused-ring (bicyclic) bond motifs is 1. The highest BCUT2D eigenvalue weighted by Crippen LogP contribution is 2.18. The number of hydrogen-bond donors (Lipinski definition) is 1. The third kappa shape index (κ3) is 2.90. The Kier molecular flexibility index (Phi) is 3.88. The molecule has 0 spiro atoms. The Bertz CT molecular complexity index is 749. The van der Waals surface area contributed by atoms with E-state index in [-0.39, 0.29) is 6.61 Å². The van der Waals surface area contributed by atoms with Crippen molar-refractivity contribution in [3.05, 3.63) is 59.9 Å². The molecule has 0 aliphatic carbocycles. The minimum absolute atomic E-state index is 0.0812. The van der Waals surface area contributed by atoms with Gasteiger partial charge in [-0.15, -0.1) is 0 Å². The average molecular weight is 282 g/mol. The molecular weight excluding hydrogens is 264 g/mol. The van der Waals surface area contributed by atoms with Gasteiger partial charge < -0.3 is 14.4 Å². The number of imidazole rings is 1. The quantitative estimate of drug-likeness (QED) is 0.782. The van der Waals surface area contributed by atoms with E-state index in [1.807, 2.05) is 60.0 Å². The number of para-hydroxylation sites is 2. The molecule has 1 aromatic heterocycles. The molecule has 0 aliphatic rings. The van der Waals surface area contributed by atoms with Gasteiger partial charge in [0.15, 0.2) is 0 Å². The molecule has 0 saturated carbocycles. The first-order chi connectivity index (χ1) is 10.3. The van der Waals surface area contributed by atoms with Crippen molar-refractivity contribution in [2.75, 3.05) is 6.61 Å². The van der Waals surface area contributed by atoms with Crippen molar-refractivity contribution >= 4 is 11.0 Å². The molecule has 0 unspecified atom stereocenters. The Balaban J connectivity index is 1.87. The summed E-state index contributed by atoms with van der Waals surface area (Å²) in [6, 6.07) is 15.9. The number of ether oxygens (including phenoxy) is 1. The summed E-state index contributed by atoms with van der Waals surface area (Å²) >= 11 is 0. The van der Waals surface area contributed by atoms with Crippen molar-refractivity contribution in [1.29, 1.82) is 0 Å². The van der Waals surface area contributed by atoms with Crippen LogP contribution in [0.25, 0.3) is 11.0 Å². The van der Waals surface area contributed by atoms with Gasteiger partial charge in [0.05, 0.1) is 17.6 Å². The van der Waals surface area contributed by atoms with E-state index in [0.29, 0.717) is 13.2 Å². The monoisotopic (exact) mass is 282 g/mol. The van der Waals surface area contributed by atoms with E-state index in [2.05, 4.69) is 4.98 Å². The first-order valence-electron chi connectivity index (χ1n) is 7.02. The molecule has 0 fully saturated rings. The highest BCUT2D eigenvalue weighted by atomic mass is 16.5. The second-order valence-corrected chi connectivity index (χ2v) is 5.00. The van der Waals surface area contributed by atoms with Crippen LogP contribution in [-0.4, -0.2) is 21.3 Å². The van der Waals surface area contributed by atoms with Crippen LogP contribution >= 0.6 is 0 Å². The zero-order valence-corrected chi connectivity index (χ0v) is 12.0. The van der Waals surface area contributed by atoms with E-state index >= 15 is 0 Å². The predicted molar refractivity (Wildman–Crippen MR) is 82.3 cm³/mol. The number of hydrogen-bond acceptors (Lipinski definition) is 3. The molecule has 0 aliphatic heterocycles. The van der Waals surface area contributed by atoms with E-state index in [9.17, 15) is 5.11 Å². The van der Waals surface area contributed by atoms with Gasteiger partial charge in [-0.1, -0.05) is 24.3 Å². The van der Waals surface area contributed by atoms with Crippen LogP contribution in [0.15, 0.2) is 48.5 Å². The van der Waals surface area contributed by atoms with Crippen molar-refractivity contribution in [3.63, 3.8) is 0 Å². The number of aromatic nitrogens is 2. The first-order valence-corrected chi connectivity index (χ1v) is 7.02. The normalized spacial score (nSPS) is 11.0. The van der Waals surface area contributed by atoms with Crippen molar-refractivity contribution < 1.29 is 9.84 Å². The lowest BCUT2D eigenvalue weighted by atomic mass is 10.2. The van der Waals surface area contributed by atoms with Gasteiger partial charge in [-0.3, -0.25) is 0 Å².